The summed E-state index contributed by atoms with van der Waals surface area (Å²) in [6.45, 7) is 2.77. The number of anilines is 1. The molecule has 2 heterocycles. The minimum absolute atomic E-state index is 0.191. The van der Waals surface area contributed by atoms with E-state index >= 15 is 0 Å². The molecule has 2 aromatic rings. The van der Waals surface area contributed by atoms with Crippen LogP contribution in [0.15, 0.2) is 54.9 Å². The van der Waals surface area contributed by atoms with Crippen molar-refractivity contribution < 1.29 is 4.79 Å². The van der Waals surface area contributed by atoms with E-state index in [1.165, 1.54) is 31.2 Å². The molecule has 1 aliphatic rings. The van der Waals surface area contributed by atoms with Crippen LogP contribution in [0.25, 0.3) is 0 Å². The van der Waals surface area contributed by atoms with Gasteiger partial charge in [0, 0.05) is 12.7 Å². The lowest BCUT2D eigenvalue weighted by Gasteiger charge is -2.31. The topological polar surface area (TPSA) is 57.3 Å². The van der Waals surface area contributed by atoms with E-state index in [-0.39, 0.29) is 12.1 Å². The summed E-state index contributed by atoms with van der Waals surface area (Å²) in [7, 11) is 0. The molecule has 132 valence electrons. The largest absolute Gasteiger partial charge is 0.336 e. The van der Waals surface area contributed by atoms with Crippen LogP contribution >= 0.6 is 0 Å². The Bertz CT molecular complexity index is 639. The maximum absolute atomic E-state index is 12.2. The minimum Gasteiger partial charge on any atom is -0.336 e. The van der Waals surface area contributed by atoms with Crippen LogP contribution in [0.4, 0.5) is 10.5 Å². The summed E-state index contributed by atoms with van der Waals surface area (Å²) in [5.74, 6) is 0. The van der Waals surface area contributed by atoms with E-state index in [0.717, 1.165) is 13.1 Å². The summed E-state index contributed by atoms with van der Waals surface area (Å²) in [6.07, 6.45) is 8.38. The van der Waals surface area contributed by atoms with Gasteiger partial charge in [-0.25, -0.2) is 4.79 Å². The Hall–Kier alpha value is -2.40. The van der Waals surface area contributed by atoms with Gasteiger partial charge in [0.25, 0.3) is 0 Å². The van der Waals surface area contributed by atoms with Gasteiger partial charge in [-0.15, -0.1) is 0 Å². The number of amides is 2. The van der Waals surface area contributed by atoms with Crippen molar-refractivity contribution in [3.05, 3.63) is 60.4 Å². The highest BCUT2D eigenvalue weighted by Crippen LogP contribution is 2.23. The third-order valence-electron chi connectivity index (χ3n) is 4.64. The quantitative estimate of drug-likeness (QED) is 0.871. The highest BCUT2D eigenvalue weighted by atomic mass is 16.2. The summed E-state index contributed by atoms with van der Waals surface area (Å²) in [6, 6.07) is 14.1. The molecule has 0 bridgehead atoms. The van der Waals surface area contributed by atoms with Gasteiger partial charge < -0.3 is 10.6 Å². The van der Waals surface area contributed by atoms with Crippen LogP contribution in [0.1, 0.15) is 37.3 Å². The Labute approximate surface area is 149 Å². The fourth-order valence-corrected chi connectivity index (χ4v) is 3.34. The lowest BCUT2D eigenvalue weighted by atomic mass is 10.0. The zero-order valence-corrected chi connectivity index (χ0v) is 14.5. The molecule has 0 radical (unpaired) electrons. The molecule has 3 rings (SSSR count). The van der Waals surface area contributed by atoms with Crippen molar-refractivity contribution in [3.63, 3.8) is 0 Å². The predicted octanol–water partition coefficient (Wildman–Crippen LogP) is 3.82. The molecular weight excluding hydrogens is 312 g/mol. The van der Waals surface area contributed by atoms with Crippen LogP contribution in [0.3, 0.4) is 0 Å². The molecule has 0 saturated carbocycles. The molecule has 0 spiro atoms. The Morgan fingerprint density at radius 2 is 1.80 bits per heavy atom. The molecule has 1 fully saturated rings. The molecule has 1 aliphatic heterocycles. The van der Waals surface area contributed by atoms with Crippen LogP contribution in [-0.2, 0) is 0 Å². The molecule has 25 heavy (non-hydrogen) atoms. The number of hydrogen-bond acceptors (Lipinski definition) is 3. The van der Waals surface area contributed by atoms with Crippen LogP contribution in [-0.4, -0.2) is 35.5 Å². The highest BCUT2D eigenvalue weighted by Gasteiger charge is 2.22. The molecule has 0 aliphatic carbocycles. The minimum atomic E-state index is -0.191. The average molecular weight is 338 g/mol. The maximum atomic E-state index is 12.2. The fraction of sp³-hybridized carbons (Fsp3) is 0.400. The zero-order chi connectivity index (χ0) is 17.3. The summed E-state index contributed by atoms with van der Waals surface area (Å²) in [5, 5.41) is 5.86. The number of aromatic nitrogens is 1. The molecule has 1 atom stereocenters. The Kier molecular flexibility index (Phi) is 6.40. The number of benzene rings is 1. The van der Waals surface area contributed by atoms with E-state index < -0.39 is 0 Å². The summed E-state index contributed by atoms with van der Waals surface area (Å²) < 4.78 is 0. The number of urea groups is 1. The lowest BCUT2D eigenvalue weighted by Crippen LogP contribution is -2.40. The molecule has 2 amide bonds. The van der Waals surface area contributed by atoms with Crippen LogP contribution in [0, 0.1) is 0 Å². The summed E-state index contributed by atoms with van der Waals surface area (Å²) in [4.78, 5) is 18.8. The second kappa shape index (κ2) is 9.18. The number of likely N-dealkylation sites (tertiary alicyclic amines) is 1. The van der Waals surface area contributed by atoms with Gasteiger partial charge in [-0.2, -0.15) is 0 Å². The highest BCUT2D eigenvalue weighted by molar-refractivity contribution is 5.88. The molecule has 1 aromatic heterocycles. The van der Waals surface area contributed by atoms with Gasteiger partial charge in [0.2, 0.25) is 0 Å². The maximum Gasteiger partial charge on any atom is 0.319 e. The van der Waals surface area contributed by atoms with E-state index in [0.29, 0.717) is 12.2 Å². The standard InChI is InChI=1S/C20H26N4O/c25-20(23-18-11-8-12-21-15-18)22-16-19(17-9-4-3-5-10-17)24-13-6-1-2-7-14-24/h3-5,8-12,15,19H,1-2,6-7,13-14,16H2,(H2,22,23,25)/t19-/m1/s1. The van der Waals surface area contributed by atoms with Crippen molar-refractivity contribution in [2.24, 2.45) is 0 Å². The first-order valence-electron chi connectivity index (χ1n) is 9.07. The number of nitrogens with zero attached hydrogens (tertiary/aromatic N) is 2. The molecule has 0 unspecified atom stereocenters. The zero-order valence-electron chi connectivity index (χ0n) is 14.5. The van der Waals surface area contributed by atoms with Crippen LogP contribution in [0.5, 0.6) is 0 Å². The van der Waals surface area contributed by atoms with Gasteiger partial charge in [0.15, 0.2) is 0 Å². The first-order valence-corrected chi connectivity index (χ1v) is 9.07. The van der Waals surface area contributed by atoms with Crippen molar-refractivity contribution in [3.8, 4) is 0 Å². The Morgan fingerprint density at radius 1 is 1.04 bits per heavy atom. The predicted molar refractivity (Wildman–Crippen MR) is 100 cm³/mol. The molecule has 5 heteroatoms. The molecule has 1 aromatic carbocycles. The molecule has 2 N–H and O–H groups in total. The van der Waals surface area contributed by atoms with E-state index in [1.54, 1.807) is 18.5 Å². The second-order valence-electron chi connectivity index (χ2n) is 6.45. The molecule has 5 nitrogen and oxygen atoms in total. The number of carbonyl (C=O) groups is 1. The van der Waals surface area contributed by atoms with Gasteiger partial charge in [0.1, 0.15) is 0 Å². The van der Waals surface area contributed by atoms with E-state index in [9.17, 15) is 4.79 Å². The number of carbonyl (C=O) groups excluding carboxylic acids is 1. The van der Waals surface area contributed by atoms with Gasteiger partial charge in [-0.3, -0.25) is 9.88 Å². The Balaban J connectivity index is 1.64. The number of nitrogens with one attached hydrogen (secondary N) is 2. The van der Waals surface area contributed by atoms with Crippen molar-refractivity contribution in [1.29, 1.82) is 0 Å². The molecule has 1 saturated heterocycles. The SMILES string of the molecule is O=C(NC[C@H](c1ccccc1)N1CCCCCC1)Nc1cccnc1. The van der Waals surface area contributed by atoms with Crippen LogP contribution in [0.2, 0.25) is 0 Å². The Morgan fingerprint density at radius 3 is 2.48 bits per heavy atom. The lowest BCUT2D eigenvalue weighted by molar-refractivity contribution is 0.198. The third kappa shape index (κ3) is 5.29. The number of hydrogen-bond donors (Lipinski definition) is 2. The van der Waals surface area contributed by atoms with Gasteiger partial charge in [-0.05, 0) is 43.6 Å². The van der Waals surface area contributed by atoms with Crippen molar-refractivity contribution in [1.82, 2.24) is 15.2 Å². The fourth-order valence-electron chi connectivity index (χ4n) is 3.34. The average Bonchev–Trinajstić information content (AvgIpc) is 2.93. The normalized spacial score (nSPS) is 16.6. The van der Waals surface area contributed by atoms with Crippen molar-refractivity contribution in [2.45, 2.75) is 31.7 Å². The number of pyridine rings is 1. The van der Waals surface area contributed by atoms with E-state index in [2.05, 4.69) is 44.8 Å². The summed E-state index contributed by atoms with van der Waals surface area (Å²) in [5.41, 5.74) is 1.96. The van der Waals surface area contributed by atoms with E-state index in [1.807, 2.05) is 12.1 Å². The monoisotopic (exact) mass is 338 g/mol. The van der Waals surface area contributed by atoms with E-state index in [4.69, 9.17) is 0 Å². The van der Waals surface area contributed by atoms with Gasteiger partial charge in [-0.1, -0.05) is 43.2 Å². The van der Waals surface area contributed by atoms with Crippen LogP contribution < -0.4 is 10.6 Å². The summed E-state index contributed by atoms with van der Waals surface area (Å²) >= 11 is 0. The first kappa shape index (κ1) is 17.4. The smallest absolute Gasteiger partial charge is 0.319 e. The number of rotatable bonds is 5. The van der Waals surface area contributed by atoms with Gasteiger partial charge >= 0.3 is 6.03 Å². The first-order chi connectivity index (χ1) is 12.3. The van der Waals surface area contributed by atoms with Crippen molar-refractivity contribution >= 4 is 11.7 Å². The van der Waals surface area contributed by atoms with Gasteiger partial charge in [0.05, 0.1) is 17.9 Å². The second-order valence-corrected chi connectivity index (χ2v) is 6.45. The van der Waals surface area contributed by atoms with Crippen molar-refractivity contribution in [2.75, 3.05) is 25.0 Å². The molecular formula is C20H26N4O. The third-order valence-corrected chi connectivity index (χ3v) is 4.64.